The number of carbonyl (C=O) groups is 1. The van der Waals surface area contributed by atoms with Crippen molar-refractivity contribution in [1.82, 2.24) is 24.7 Å². The minimum Gasteiger partial charge on any atom is -0.376 e. The Balaban J connectivity index is 1.31. The Hall–Kier alpha value is -3.08. The summed E-state index contributed by atoms with van der Waals surface area (Å²) in [4.78, 5) is 29.4. The molecule has 0 spiro atoms. The highest BCUT2D eigenvalue weighted by Gasteiger charge is 2.22. The zero-order valence-corrected chi connectivity index (χ0v) is 19.1. The minimum atomic E-state index is -0.286. The third-order valence-corrected chi connectivity index (χ3v) is 6.58. The summed E-state index contributed by atoms with van der Waals surface area (Å²) in [6, 6.07) is 12.6. The molecule has 33 heavy (non-hydrogen) atoms. The molecular weight excluding hydrogens is 464 g/mol. The lowest BCUT2D eigenvalue weighted by Crippen LogP contribution is -2.18. The number of rotatable bonds is 7. The number of imidazole rings is 1. The number of H-pyrrole nitrogens is 2. The highest BCUT2D eigenvalue weighted by molar-refractivity contribution is 7.99. The topological polar surface area (TPSA) is 118 Å². The van der Waals surface area contributed by atoms with E-state index >= 15 is 0 Å². The number of amides is 1. The number of aromatic nitrogens is 5. The van der Waals surface area contributed by atoms with E-state index in [1.54, 1.807) is 18.2 Å². The molecule has 1 aliphatic heterocycles. The molecule has 1 unspecified atom stereocenters. The van der Waals surface area contributed by atoms with Gasteiger partial charge in [-0.05, 0) is 55.3 Å². The van der Waals surface area contributed by atoms with Gasteiger partial charge in [-0.2, -0.15) is 0 Å². The van der Waals surface area contributed by atoms with Crippen molar-refractivity contribution >= 4 is 46.0 Å². The Labute approximate surface area is 197 Å². The molecule has 0 bridgehead atoms. The van der Waals surface area contributed by atoms with Gasteiger partial charge in [0.2, 0.25) is 5.91 Å². The summed E-state index contributed by atoms with van der Waals surface area (Å²) in [5, 5.41) is 12.9. The molecule has 0 saturated carbocycles. The molecule has 0 radical (unpaired) electrons. The predicted molar refractivity (Wildman–Crippen MR) is 128 cm³/mol. The van der Waals surface area contributed by atoms with Crippen molar-refractivity contribution in [2.24, 2.45) is 0 Å². The van der Waals surface area contributed by atoms with E-state index in [-0.39, 0.29) is 23.5 Å². The molecule has 11 heteroatoms. The van der Waals surface area contributed by atoms with Gasteiger partial charge in [0.25, 0.3) is 0 Å². The number of nitrogens with one attached hydrogen (secondary N) is 3. The van der Waals surface area contributed by atoms with Gasteiger partial charge in [0.15, 0.2) is 11.0 Å². The van der Waals surface area contributed by atoms with Gasteiger partial charge < -0.3 is 20.0 Å². The highest BCUT2D eigenvalue weighted by Crippen LogP contribution is 2.27. The maximum Gasteiger partial charge on any atom is 0.323 e. The largest absolute Gasteiger partial charge is 0.376 e. The Morgan fingerprint density at radius 1 is 1.18 bits per heavy atom. The number of fused-ring (bicyclic) bond motifs is 1. The van der Waals surface area contributed by atoms with E-state index in [1.165, 1.54) is 11.8 Å². The molecule has 3 N–H and O–H groups in total. The van der Waals surface area contributed by atoms with Gasteiger partial charge in [-0.25, -0.2) is 4.79 Å². The zero-order chi connectivity index (χ0) is 22.8. The van der Waals surface area contributed by atoms with Crippen LogP contribution in [0.15, 0.2) is 52.4 Å². The molecule has 2 aromatic heterocycles. The lowest BCUT2D eigenvalue weighted by Gasteiger charge is -2.14. The Bertz CT molecular complexity index is 1340. The summed E-state index contributed by atoms with van der Waals surface area (Å²) in [5.41, 5.74) is 2.53. The summed E-state index contributed by atoms with van der Waals surface area (Å²) in [5.74, 6) is 0.690. The summed E-state index contributed by atoms with van der Waals surface area (Å²) in [6.07, 6.45) is 2.10. The van der Waals surface area contributed by atoms with E-state index in [0.717, 1.165) is 25.0 Å². The lowest BCUT2D eigenvalue weighted by atomic mass is 10.2. The first-order chi connectivity index (χ1) is 16.0. The molecule has 5 rings (SSSR count). The van der Waals surface area contributed by atoms with E-state index in [0.29, 0.717) is 39.3 Å². The second-order valence-corrected chi connectivity index (χ2v) is 9.11. The molecule has 4 aromatic rings. The molecule has 3 heterocycles. The van der Waals surface area contributed by atoms with Crippen molar-refractivity contribution in [3.63, 3.8) is 0 Å². The van der Waals surface area contributed by atoms with Crippen LogP contribution in [0.4, 0.5) is 5.69 Å². The number of carbonyl (C=O) groups excluding carboxylic acids is 1. The van der Waals surface area contributed by atoms with Crippen molar-refractivity contribution in [3.8, 4) is 11.4 Å². The van der Waals surface area contributed by atoms with E-state index < -0.39 is 0 Å². The summed E-state index contributed by atoms with van der Waals surface area (Å²) >= 11 is 7.35. The number of benzene rings is 2. The van der Waals surface area contributed by atoms with Crippen molar-refractivity contribution in [3.05, 3.63) is 58.0 Å². The smallest absolute Gasteiger partial charge is 0.323 e. The van der Waals surface area contributed by atoms with Crippen LogP contribution in [0.25, 0.3) is 22.4 Å². The van der Waals surface area contributed by atoms with Crippen LogP contribution in [0, 0.1) is 0 Å². The average molecular weight is 485 g/mol. The lowest BCUT2D eigenvalue weighted by molar-refractivity contribution is -0.113. The van der Waals surface area contributed by atoms with E-state index in [2.05, 4.69) is 25.5 Å². The van der Waals surface area contributed by atoms with Gasteiger partial charge in [-0.1, -0.05) is 23.4 Å². The van der Waals surface area contributed by atoms with Crippen LogP contribution in [0.3, 0.4) is 0 Å². The molecule has 2 aromatic carbocycles. The van der Waals surface area contributed by atoms with Crippen LogP contribution in [-0.2, 0) is 16.1 Å². The summed E-state index contributed by atoms with van der Waals surface area (Å²) in [7, 11) is 0. The molecule has 170 valence electrons. The molecule has 1 saturated heterocycles. The normalized spacial score (nSPS) is 15.8. The predicted octanol–water partition coefficient (Wildman–Crippen LogP) is 3.68. The molecule has 1 atom stereocenters. The molecule has 0 aliphatic carbocycles. The van der Waals surface area contributed by atoms with Gasteiger partial charge in [0.1, 0.15) is 0 Å². The Kier molecular flexibility index (Phi) is 6.21. The van der Waals surface area contributed by atoms with Crippen LogP contribution in [0.5, 0.6) is 0 Å². The summed E-state index contributed by atoms with van der Waals surface area (Å²) in [6.45, 7) is 1.37. The Morgan fingerprint density at radius 2 is 2.00 bits per heavy atom. The van der Waals surface area contributed by atoms with Crippen molar-refractivity contribution in [2.45, 2.75) is 30.6 Å². The van der Waals surface area contributed by atoms with Crippen molar-refractivity contribution in [2.75, 3.05) is 17.7 Å². The quantitative estimate of drug-likeness (QED) is 0.344. The number of hydrogen-bond donors (Lipinski definition) is 3. The SMILES string of the molecule is O=C(CSc1nnc(-c2ccc(Cl)cc2)n1CC1CCCO1)Nc1ccc2[nH]c(=O)[nH]c2c1. The van der Waals surface area contributed by atoms with Gasteiger partial charge in [-0.3, -0.25) is 9.36 Å². The van der Waals surface area contributed by atoms with Gasteiger partial charge in [0.05, 0.1) is 29.4 Å². The first-order valence-corrected chi connectivity index (χ1v) is 11.9. The standard InChI is InChI=1S/C22H21ClN6O3S/c23-14-5-3-13(4-6-14)20-27-28-22(29(20)11-16-2-1-9-32-16)33-12-19(30)24-15-7-8-17-18(10-15)26-21(31)25-17/h3-8,10,16H,1-2,9,11-12H2,(H,24,30)(H2,25,26,31). The number of halogens is 1. The fraction of sp³-hybridized carbons (Fsp3) is 0.273. The number of thioether (sulfide) groups is 1. The van der Waals surface area contributed by atoms with Crippen molar-refractivity contribution in [1.29, 1.82) is 0 Å². The van der Waals surface area contributed by atoms with Crippen LogP contribution >= 0.6 is 23.4 Å². The number of hydrogen-bond acceptors (Lipinski definition) is 6. The highest BCUT2D eigenvalue weighted by atomic mass is 35.5. The van der Waals surface area contributed by atoms with Crippen molar-refractivity contribution < 1.29 is 9.53 Å². The van der Waals surface area contributed by atoms with E-state index in [9.17, 15) is 9.59 Å². The molecule has 9 nitrogen and oxygen atoms in total. The fourth-order valence-electron chi connectivity index (χ4n) is 3.80. The third-order valence-electron chi connectivity index (χ3n) is 5.36. The number of ether oxygens (including phenoxy) is 1. The first kappa shape index (κ1) is 21.7. The third kappa shape index (κ3) is 4.97. The van der Waals surface area contributed by atoms with Crippen LogP contribution in [0.1, 0.15) is 12.8 Å². The average Bonchev–Trinajstić information content (AvgIpc) is 3.53. The van der Waals surface area contributed by atoms with Gasteiger partial charge in [0, 0.05) is 22.9 Å². The van der Waals surface area contributed by atoms with Gasteiger partial charge >= 0.3 is 5.69 Å². The summed E-state index contributed by atoms with van der Waals surface area (Å²) < 4.78 is 7.83. The van der Waals surface area contributed by atoms with E-state index in [4.69, 9.17) is 16.3 Å². The second kappa shape index (κ2) is 9.42. The molecule has 1 fully saturated rings. The number of nitrogens with zero attached hydrogens (tertiary/aromatic N) is 3. The maximum atomic E-state index is 12.6. The van der Waals surface area contributed by atoms with E-state index in [1.807, 2.05) is 28.8 Å². The van der Waals surface area contributed by atoms with Gasteiger partial charge in [-0.15, -0.1) is 10.2 Å². The minimum absolute atomic E-state index is 0.0930. The molecule has 1 aliphatic rings. The van der Waals surface area contributed by atoms with Crippen LogP contribution in [-0.4, -0.2) is 49.1 Å². The van der Waals surface area contributed by atoms with Crippen LogP contribution in [0.2, 0.25) is 5.02 Å². The molecule has 1 amide bonds. The molecular formula is C22H21ClN6O3S. The maximum absolute atomic E-state index is 12.6. The Morgan fingerprint density at radius 3 is 2.79 bits per heavy atom. The first-order valence-electron chi connectivity index (χ1n) is 10.5. The zero-order valence-electron chi connectivity index (χ0n) is 17.5. The van der Waals surface area contributed by atoms with Crippen LogP contribution < -0.4 is 11.0 Å². The monoisotopic (exact) mass is 484 g/mol. The second-order valence-electron chi connectivity index (χ2n) is 7.74. The fourth-order valence-corrected chi connectivity index (χ4v) is 4.68. The number of aromatic amines is 2. The number of anilines is 1.